The fourth-order valence-electron chi connectivity index (χ4n) is 3.01. The third-order valence-electron chi connectivity index (χ3n) is 4.45. The molecule has 1 atom stereocenters. The van der Waals surface area contributed by atoms with E-state index < -0.39 is 0 Å². The number of piperidine rings is 1. The highest BCUT2D eigenvalue weighted by atomic mass is 16.2. The summed E-state index contributed by atoms with van der Waals surface area (Å²) in [4.78, 5) is 26.0. The average molecular weight is 302 g/mol. The molecule has 22 heavy (non-hydrogen) atoms. The van der Waals surface area contributed by atoms with Gasteiger partial charge in [-0.3, -0.25) is 9.59 Å². The minimum Gasteiger partial charge on any atom is -0.349 e. The molecule has 0 spiro atoms. The molecule has 0 radical (unpaired) electrons. The Bertz CT molecular complexity index is 493. The first kappa shape index (κ1) is 16.5. The van der Waals surface area contributed by atoms with Crippen LogP contribution in [0.2, 0.25) is 0 Å². The first-order chi connectivity index (χ1) is 10.7. The molecule has 4 nitrogen and oxygen atoms in total. The summed E-state index contributed by atoms with van der Waals surface area (Å²) in [6, 6.07) is 10.2. The predicted octanol–water partition coefficient (Wildman–Crippen LogP) is 2.90. The summed E-state index contributed by atoms with van der Waals surface area (Å²) in [5.74, 6) is 0.340. The van der Waals surface area contributed by atoms with E-state index in [0.717, 1.165) is 24.8 Å². The lowest BCUT2D eigenvalue weighted by atomic mass is 9.94. The Balaban J connectivity index is 1.89. The molecule has 0 aromatic heterocycles. The van der Waals surface area contributed by atoms with Gasteiger partial charge in [0.25, 0.3) is 0 Å². The van der Waals surface area contributed by atoms with E-state index in [9.17, 15) is 9.59 Å². The van der Waals surface area contributed by atoms with Crippen molar-refractivity contribution >= 4 is 11.8 Å². The fraction of sp³-hybridized carbons (Fsp3) is 0.556. The molecule has 1 saturated heterocycles. The quantitative estimate of drug-likeness (QED) is 0.909. The molecule has 0 aliphatic carbocycles. The van der Waals surface area contributed by atoms with Gasteiger partial charge in [-0.05, 0) is 24.8 Å². The molecular formula is C18H26N2O2. The van der Waals surface area contributed by atoms with E-state index in [1.165, 1.54) is 0 Å². The number of likely N-dealkylation sites (tertiary alicyclic amines) is 1. The van der Waals surface area contributed by atoms with Crippen LogP contribution >= 0.6 is 0 Å². The number of nitrogens with one attached hydrogen (secondary N) is 1. The topological polar surface area (TPSA) is 49.4 Å². The lowest BCUT2D eigenvalue weighted by Gasteiger charge is -2.32. The number of rotatable bonds is 5. The van der Waals surface area contributed by atoms with Gasteiger partial charge in [0.15, 0.2) is 0 Å². The molecule has 0 unspecified atom stereocenters. The highest BCUT2D eigenvalue weighted by Crippen LogP contribution is 2.21. The average Bonchev–Trinajstić information content (AvgIpc) is 2.59. The molecule has 1 aromatic rings. The largest absolute Gasteiger partial charge is 0.349 e. The molecule has 1 aromatic carbocycles. The van der Waals surface area contributed by atoms with Crippen LogP contribution in [0.15, 0.2) is 30.3 Å². The van der Waals surface area contributed by atoms with Crippen LogP contribution in [0.25, 0.3) is 0 Å². The summed E-state index contributed by atoms with van der Waals surface area (Å²) in [7, 11) is 0. The molecule has 0 bridgehead atoms. The van der Waals surface area contributed by atoms with Crippen molar-refractivity contribution in [2.45, 2.75) is 45.6 Å². The Kier molecular flexibility index (Phi) is 5.99. The van der Waals surface area contributed by atoms with E-state index in [-0.39, 0.29) is 23.8 Å². The standard InChI is InChI=1S/C18H26N2O2/c1-3-16(14-8-6-5-7-9-14)19-18(22)15-10-12-20(13-11-15)17(21)4-2/h5-9,15-16H,3-4,10-13H2,1-2H3,(H,19,22)/t16-/m0/s1. The minimum absolute atomic E-state index is 0.0265. The van der Waals surface area contributed by atoms with Crippen molar-refractivity contribution in [3.63, 3.8) is 0 Å². The van der Waals surface area contributed by atoms with Crippen molar-refractivity contribution in [1.82, 2.24) is 10.2 Å². The maximum atomic E-state index is 12.5. The molecule has 1 fully saturated rings. The van der Waals surface area contributed by atoms with Gasteiger partial charge in [0.1, 0.15) is 0 Å². The van der Waals surface area contributed by atoms with Gasteiger partial charge in [0.05, 0.1) is 6.04 Å². The lowest BCUT2D eigenvalue weighted by Crippen LogP contribution is -2.43. The second-order valence-electron chi connectivity index (χ2n) is 5.89. The highest BCUT2D eigenvalue weighted by Gasteiger charge is 2.27. The van der Waals surface area contributed by atoms with Gasteiger partial charge < -0.3 is 10.2 Å². The van der Waals surface area contributed by atoms with Gasteiger partial charge >= 0.3 is 0 Å². The normalized spacial score (nSPS) is 17.1. The minimum atomic E-state index is 0.0265. The van der Waals surface area contributed by atoms with E-state index in [2.05, 4.69) is 24.4 Å². The number of hydrogen-bond acceptors (Lipinski definition) is 2. The third-order valence-corrected chi connectivity index (χ3v) is 4.45. The molecule has 1 aliphatic rings. The van der Waals surface area contributed by atoms with Crippen LogP contribution in [0.4, 0.5) is 0 Å². The van der Waals surface area contributed by atoms with Crippen molar-refractivity contribution in [2.24, 2.45) is 5.92 Å². The maximum absolute atomic E-state index is 12.5. The Labute approximate surface area is 132 Å². The Morgan fingerprint density at radius 3 is 2.36 bits per heavy atom. The van der Waals surface area contributed by atoms with E-state index in [0.29, 0.717) is 19.5 Å². The zero-order valence-corrected chi connectivity index (χ0v) is 13.5. The first-order valence-electron chi connectivity index (χ1n) is 8.28. The molecule has 2 amide bonds. The Morgan fingerprint density at radius 2 is 1.82 bits per heavy atom. The highest BCUT2D eigenvalue weighted by molar-refractivity contribution is 5.80. The van der Waals surface area contributed by atoms with E-state index in [1.54, 1.807) is 0 Å². The molecule has 4 heteroatoms. The third kappa shape index (κ3) is 4.09. The summed E-state index contributed by atoms with van der Waals surface area (Å²) in [5, 5.41) is 3.17. The van der Waals surface area contributed by atoms with E-state index in [4.69, 9.17) is 0 Å². The molecule has 0 saturated carbocycles. The number of nitrogens with zero attached hydrogens (tertiary/aromatic N) is 1. The summed E-state index contributed by atoms with van der Waals surface area (Å²) in [5.41, 5.74) is 1.15. The second kappa shape index (κ2) is 7.97. The van der Waals surface area contributed by atoms with Crippen molar-refractivity contribution in [2.75, 3.05) is 13.1 Å². The molecule has 1 aliphatic heterocycles. The van der Waals surface area contributed by atoms with Crippen LogP contribution in [0, 0.1) is 5.92 Å². The van der Waals surface area contributed by atoms with Crippen LogP contribution in [-0.2, 0) is 9.59 Å². The SMILES string of the molecule is CCC(=O)N1CCC(C(=O)N[C@@H](CC)c2ccccc2)CC1. The fourth-order valence-corrected chi connectivity index (χ4v) is 3.01. The molecule has 1 heterocycles. The van der Waals surface area contributed by atoms with Gasteiger partial charge in [0.2, 0.25) is 11.8 Å². The summed E-state index contributed by atoms with van der Waals surface area (Å²) >= 11 is 0. The van der Waals surface area contributed by atoms with Gasteiger partial charge in [-0.1, -0.05) is 44.2 Å². The van der Waals surface area contributed by atoms with Crippen LogP contribution in [0.1, 0.15) is 51.1 Å². The van der Waals surface area contributed by atoms with Gasteiger partial charge in [-0.2, -0.15) is 0 Å². The summed E-state index contributed by atoms with van der Waals surface area (Å²) in [6.45, 7) is 5.37. The Morgan fingerprint density at radius 1 is 1.18 bits per heavy atom. The van der Waals surface area contributed by atoms with Crippen molar-refractivity contribution in [1.29, 1.82) is 0 Å². The number of amides is 2. The number of carbonyl (C=O) groups excluding carboxylic acids is 2. The van der Waals surface area contributed by atoms with Crippen molar-refractivity contribution in [3.05, 3.63) is 35.9 Å². The van der Waals surface area contributed by atoms with Crippen LogP contribution in [0.3, 0.4) is 0 Å². The van der Waals surface area contributed by atoms with Gasteiger partial charge in [-0.15, -0.1) is 0 Å². The summed E-state index contributed by atoms with van der Waals surface area (Å²) < 4.78 is 0. The molecule has 120 valence electrons. The van der Waals surface area contributed by atoms with E-state index >= 15 is 0 Å². The Hall–Kier alpha value is -1.84. The van der Waals surface area contributed by atoms with Gasteiger partial charge in [0, 0.05) is 25.4 Å². The molecule has 1 N–H and O–H groups in total. The summed E-state index contributed by atoms with van der Waals surface area (Å²) in [6.07, 6.45) is 2.96. The number of benzene rings is 1. The number of carbonyl (C=O) groups is 2. The zero-order chi connectivity index (χ0) is 15.9. The monoisotopic (exact) mass is 302 g/mol. The van der Waals surface area contributed by atoms with E-state index in [1.807, 2.05) is 30.0 Å². The van der Waals surface area contributed by atoms with Crippen molar-refractivity contribution < 1.29 is 9.59 Å². The smallest absolute Gasteiger partial charge is 0.223 e. The maximum Gasteiger partial charge on any atom is 0.223 e. The van der Waals surface area contributed by atoms with Crippen LogP contribution < -0.4 is 5.32 Å². The van der Waals surface area contributed by atoms with Gasteiger partial charge in [-0.25, -0.2) is 0 Å². The van der Waals surface area contributed by atoms with Crippen molar-refractivity contribution in [3.8, 4) is 0 Å². The number of hydrogen-bond donors (Lipinski definition) is 1. The first-order valence-corrected chi connectivity index (χ1v) is 8.28. The lowest BCUT2D eigenvalue weighted by molar-refractivity contribution is -0.135. The van der Waals surface area contributed by atoms with Crippen LogP contribution in [-0.4, -0.2) is 29.8 Å². The molecular weight excluding hydrogens is 276 g/mol. The zero-order valence-electron chi connectivity index (χ0n) is 13.5. The van der Waals surface area contributed by atoms with Crippen LogP contribution in [0.5, 0.6) is 0 Å². The second-order valence-corrected chi connectivity index (χ2v) is 5.89. The predicted molar refractivity (Wildman–Crippen MR) is 87.2 cm³/mol. The molecule has 2 rings (SSSR count).